The molecule has 0 heterocycles. The molecule has 15 heteroatoms. The smallest absolute Gasteiger partial charge is 0.421 e. The SMILES string of the molecule is COC.COC(COCCOCCOCCOCCOCCOCCOCC[Si](OC)(OC)OC)[SiH](C)OC. The maximum atomic E-state index is 5.57. The molecule has 0 aromatic heterocycles. The highest BCUT2D eigenvalue weighted by Gasteiger charge is 2.37. The van der Waals surface area contributed by atoms with E-state index in [1.165, 1.54) is 0 Å². The fraction of sp³-hybridized carbons (Fsp3) is 1.00. The van der Waals surface area contributed by atoms with Gasteiger partial charge in [-0.3, -0.25) is 0 Å². The van der Waals surface area contributed by atoms with Gasteiger partial charge in [0.25, 0.3) is 0 Å². The summed E-state index contributed by atoms with van der Waals surface area (Å²) in [5, 5.41) is 0. The summed E-state index contributed by atoms with van der Waals surface area (Å²) in [5.74, 6) is 0. The first-order valence-corrected chi connectivity index (χ1v) is 17.4. The lowest BCUT2D eigenvalue weighted by molar-refractivity contribution is -0.0244. The van der Waals surface area contributed by atoms with Crippen molar-refractivity contribution in [1.29, 1.82) is 0 Å². The van der Waals surface area contributed by atoms with Crippen LogP contribution >= 0.6 is 0 Å². The van der Waals surface area contributed by atoms with Crippen molar-refractivity contribution < 1.29 is 60.3 Å². The lowest BCUT2D eigenvalue weighted by Gasteiger charge is -2.24. The summed E-state index contributed by atoms with van der Waals surface area (Å²) in [4.78, 5) is 0. The maximum Gasteiger partial charge on any atom is 0.502 e. The van der Waals surface area contributed by atoms with Crippen molar-refractivity contribution >= 4 is 17.8 Å². The average Bonchev–Trinajstić information content (AvgIpc) is 2.96. The molecule has 2 atom stereocenters. The van der Waals surface area contributed by atoms with Gasteiger partial charge in [-0.05, 0) is 6.55 Å². The first kappa shape index (κ1) is 41.1. The van der Waals surface area contributed by atoms with E-state index in [0.717, 1.165) is 0 Å². The Morgan fingerprint density at radius 2 is 0.795 bits per heavy atom. The van der Waals surface area contributed by atoms with E-state index in [9.17, 15) is 0 Å². The Hall–Kier alpha value is -0.0862. The molecule has 0 aliphatic carbocycles. The van der Waals surface area contributed by atoms with Gasteiger partial charge in [-0.15, -0.1) is 0 Å². The van der Waals surface area contributed by atoms with E-state index in [1.807, 2.05) is 0 Å². The maximum absolute atomic E-state index is 5.57. The van der Waals surface area contributed by atoms with Crippen molar-refractivity contribution in [3.05, 3.63) is 0 Å². The Morgan fingerprint density at radius 3 is 1.08 bits per heavy atom. The van der Waals surface area contributed by atoms with Crippen LogP contribution in [0.3, 0.4) is 0 Å². The standard InChI is InChI=1S/C22H50O12Si2.C2H6O/c1-23-22(35(6)24-2)21-34-18-17-32-14-13-30-10-9-28-7-8-29-11-12-31-15-16-33-19-20-36(25-3,26-4)27-5;1-3-2/h22,35H,7-21H2,1-6H3;1-2H3. The summed E-state index contributed by atoms with van der Waals surface area (Å²) in [6.07, 6.45) is 0. The van der Waals surface area contributed by atoms with Crippen molar-refractivity contribution in [2.24, 2.45) is 0 Å². The largest absolute Gasteiger partial charge is 0.502 e. The minimum Gasteiger partial charge on any atom is -0.421 e. The Kier molecular flexibility index (Phi) is 34.1. The summed E-state index contributed by atoms with van der Waals surface area (Å²) in [5.41, 5.74) is 0.0514. The normalized spacial score (nSPS) is 13.2. The van der Waals surface area contributed by atoms with Crippen molar-refractivity contribution in [1.82, 2.24) is 0 Å². The molecule has 0 rings (SSSR count). The molecule has 0 radical (unpaired) electrons. The van der Waals surface area contributed by atoms with Crippen molar-refractivity contribution in [2.45, 2.75) is 18.3 Å². The minimum absolute atomic E-state index is 0.0514. The van der Waals surface area contributed by atoms with Gasteiger partial charge < -0.3 is 60.3 Å². The summed E-state index contributed by atoms with van der Waals surface area (Å²) in [7, 11) is 7.49. The van der Waals surface area contributed by atoms with Gasteiger partial charge in [0.1, 0.15) is 0 Å². The molecule has 0 aliphatic heterocycles. The van der Waals surface area contributed by atoms with E-state index < -0.39 is 17.8 Å². The monoisotopic (exact) mass is 608 g/mol. The van der Waals surface area contributed by atoms with Crippen LogP contribution in [0.25, 0.3) is 0 Å². The number of rotatable bonds is 29. The van der Waals surface area contributed by atoms with E-state index in [-0.39, 0.29) is 5.73 Å². The predicted molar refractivity (Wildman–Crippen MR) is 151 cm³/mol. The van der Waals surface area contributed by atoms with E-state index >= 15 is 0 Å². The highest BCUT2D eigenvalue weighted by molar-refractivity contribution is 6.60. The van der Waals surface area contributed by atoms with Crippen molar-refractivity contribution in [3.8, 4) is 0 Å². The second kappa shape index (κ2) is 32.4. The molecule has 0 aromatic rings. The zero-order chi connectivity index (χ0) is 29.5. The summed E-state index contributed by atoms with van der Waals surface area (Å²) in [6, 6.07) is 0.598. The molecule has 2 unspecified atom stereocenters. The third-order valence-corrected chi connectivity index (χ3v) is 10.1. The van der Waals surface area contributed by atoms with Crippen LogP contribution in [0.4, 0.5) is 0 Å². The van der Waals surface area contributed by atoms with Gasteiger partial charge in [-0.1, -0.05) is 0 Å². The molecule has 238 valence electrons. The minimum atomic E-state index is -2.56. The van der Waals surface area contributed by atoms with Crippen LogP contribution < -0.4 is 0 Å². The van der Waals surface area contributed by atoms with Gasteiger partial charge in [0.05, 0.1) is 98.2 Å². The second-order valence-corrected chi connectivity index (χ2v) is 13.6. The highest BCUT2D eigenvalue weighted by Crippen LogP contribution is 2.12. The van der Waals surface area contributed by atoms with E-state index in [1.54, 1.807) is 49.8 Å². The summed E-state index contributed by atoms with van der Waals surface area (Å²) < 4.78 is 69.4. The molecule has 39 heavy (non-hydrogen) atoms. The molecule has 0 fully saturated rings. The van der Waals surface area contributed by atoms with Crippen molar-refractivity contribution in [3.63, 3.8) is 0 Å². The molecule has 13 nitrogen and oxygen atoms in total. The first-order valence-electron chi connectivity index (χ1n) is 13.2. The van der Waals surface area contributed by atoms with E-state index in [4.69, 9.17) is 55.6 Å². The van der Waals surface area contributed by atoms with Gasteiger partial charge in [0.2, 0.25) is 9.04 Å². The molecule has 0 bridgehead atoms. The van der Waals surface area contributed by atoms with Gasteiger partial charge in [-0.2, -0.15) is 0 Å². The topological polar surface area (TPSA) is 120 Å². The molecule has 0 saturated heterocycles. The molecular weight excluding hydrogens is 552 g/mol. The van der Waals surface area contributed by atoms with Crippen LogP contribution in [0.5, 0.6) is 0 Å². The Balaban J connectivity index is 0. The number of methoxy groups -OCH3 is 2. The fourth-order valence-electron chi connectivity index (χ4n) is 2.82. The van der Waals surface area contributed by atoms with Gasteiger partial charge in [0.15, 0.2) is 0 Å². The average molecular weight is 609 g/mol. The number of hydrogen-bond donors (Lipinski definition) is 0. The highest BCUT2D eigenvalue weighted by atomic mass is 28.4. The van der Waals surface area contributed by atoms with Crippen molar-refractivity contribution in [2.75, 3.05) is 142 Å². The van der Waals surface area contributed by atoms with Crippen LogP contribution in [-0.2, 0) is 60.3 Å². The molecule has 0 spiro atoms. The third kappa shape index (κ3) is 26.6. The molecule has 0 amide bonds. The third-order valence-electron chi connectivity index (χ3n) is 5.20. The zero-order valence-electron chi connectivity index (χ0n) is 25.6. The lowest BCUT2D eigenvalue weighted by atomic mass is 10.6. The van der Waals surface area contributed by atoms with Gasteiger partial charge in [-0.25, -0.2) is 0 Å². The van der Waals surface area contributed by atoms with Gasteiger partial charge in [0, 0.05) is 55.8 Å². The molecule has 0 aliphatic rings. The van der Waals surface area contributed by atoms with Gasteiger partial charge >= 0.3 is 8.80 Å². The van der Waals surface area contributed by atoms with Crippen LogP contribution in [0.2, 0.25) is 12.6 Å². The Bertz CT molecular complexity index is 457. The molecular formula is C24H56O13Si2. The molecule has 0 N–H and O–H groups in total. The fourth-order valence-corrected chi connectivity index (χ4v) is 5.42. The summed E-state index contributed by atoms with van der Waals surface area (Å²) in [6.45, 7) is 9.24. The number of ether oxygens (including phenoxy) is 9. The quantitative estimate of drug-likeness (QED) is 0.0880. The van der Waals surface area contributed by atoms with E-state index in [0.29, 0.717) is 98.5 Å². The summed E-state index contributed by atoms with van der Waals surface area (Å²) >= 11 is 0. The van der Waals surface area contributed by atoms with Crippen LogP contribution in [-0.4, -0.2) is 166 Å². The van der Waals surface area contributed by atoms with Crippen LogP contribution in [0.1, 0.15) is 0 Å². The zero-order valence-corrected chi connectivity index (χ0v) is 27.7. The molecule has 0 aromatic carbocycles. The van der Waals surface area contributed by atoms with E-state index in [2.05, 4.69) is 11.3 Å². The van der Waals surface area contributed by atoms with Crippen LogP contribution in [0.15, 0.2) is 0 Å². The lowest BCUT2D eigenvalue weighted by Crippen LogP contribution is -2.43. The number of hydrogen-bond acceptors (Lipinski definition) is 13. The molecule has 0 saturated carbocycles. The predicted octanol–water partition coefficient (Wildman–Crippen LogP) is 0.798. The second-order valence-electron chi connectivity index (χ2n) is 7.92. The van der Waals surface area contributed by atoms with Crippen LogP contribution in [0, 0.1) is 0 Å². The Morgan fingerprint density at radius 1 is 0.487 bits per heavy atom. The first-order chi connectivity index (χ1) is 19.0. The Labute approximate surface area is 238 Å².